The molecule has 2 heterocycles. The summed E-state index contributed by atoms with van der Waals surface area (Å²) in [6.07, 6.45) is 5.45. The first-order valence-corrected chi connectivity index (χ1v) is 11.7. The number of amides is 2. The van der Waals surface area contributed by atoms with Crippen LogP contribution in [0, 0.1) is 0 Å². The zero-order chi connectivity index (χ0) is 24.2. The number of carbonyl (C=O) groups is 2. The van der Waals surface area contributed by atoms with Crippen LogP contribution in [0.5, 0.6) is 5.75 Å². The van der Waals surface area contributed by atoms with Crippen molar-refractivity contribution in [2.45, 2.75) is 32.4 Å². The number of hydrogen-bond donors (Lipinski definition) is 2. The molecule has 0 atom stereocenters. The van der Waals surface area contributed by atoms with Gasteiger partial charge in [-0.15, -0.1) is 0 Å². The molecule has 0 bridgehead atoms. The highest BCUT2D eigenvalue weighted by Gasteiger charge is 2.14. The molecule has 0 saturated carbocycles. The summed E-state index contributed by atoms with van der Waals surface area (Å²) < 4.78 is 8.02. The van der Waals surface area contributed by atoms with Gasteiger partial charge in [0.05, 0.1) is 11.3 Å². The lowest BCUT2D eigenvalue weighted by Gasteiger charge is -2.11. The van der Waals surface area contributed by atoms with Crippen LogP contribution in [0.15, 0.2) is 79.0 Å². The van der Waals surface area contributed by atoms with Crippen molar-refractivity contribution in [3.63, 3.8) is 0 Å². The monoisotopic (exact) mass is 466 g/mol. The predicted octanol–water partition coefficient (Wildman–Crippen LogP) is 4.82. The molecule has 1 aliphatic heterocycles. The largest absolute Gasteiger partial charge is 0.488 e. The summed E-state index contributed by atoms with van der Waals surface area (Å²) >= 11 is 0. The minimum absolute atomic E-state index is 0.200. The zero-order valence-corrected chi connectivity index (χ0v) is 19.2. The van der Waals surface area contributed by atoms with Gasteiger partial charge in [-0.05, 0) is 54.8 Å². The third-order valence-corrected chi connectivity index (χ3v) is 6.06. The van der Waals surface area contributed by atoms with Crippen molar-refractivity contribution in [3.8, 4) is 17.0 Å². The summed E-state index contributed by atoms with van der Waals surface area (Å²) in [5.41, 5.74) is 9.65. The van der Waals surface area contributed by atoms with E-state index in [9.17, 15) is 9.59 Å². The minimum Gasteiger partial charge on any atom is -0.488 e. The molecule has 2 amide bonds. The van der Waals surface area contributed by atoms with Gasteiger partial charge in [0.15, 0.2) is 0 Å². The van der Waals surface area contributed by atoms with E-state index in [1.165, 1.54) is 12.8 Å². The summed E-state index contributed by atoms with van der Waals surface area (Å²) in [4.78, 5) is 29.3. The predicted molar refractivity (Wildman–Crippen MR) is 134 cm³/mol. The molecule has 1 aliphatic rings. The highest BCUT2D eigenvalue weighted by atomic mass is 16.5. The molecular formula is C28H26N4O3. The van der Waals surface area contributed by atoms with Crippen LogP contribution in [0.25, 0.3) is 11.3 Å². The number of ether oxygens (including phenoxy) is 1. The number of aryl methyl sites for hydroxylation is 2. The van der Waals surface area contributed by atoms with Gasteiger partial charge in [0, 0.05) is 36.0 Å². The Morgan fingerprint density at radius 2 is 1.86 bits per heavy atom. The maximum Gasteiger partial charge on any atom is 0.255 e. The fourth-order valence-electron chi connectivity index (χ4n) is 4.27. The molecule has 176 valence electrons. The molecule has 1 aromatic heterocycles. The molecule has 7 heteroatoms. The second-order valence-corrected chi connectivity index (χ2v) is 8.58. The topological polar surface area (TPSA) is 99.2 Å². The molecule has 0 fully saturated rings. The van der Waals surface area contributed by atoms with Crippen LogP contribution in [0.3, 0.4) is 0 Å². The second-order valence-electron chi connectivity index (χ2n) is 8.58. The fourth-order valence-corrected chi connectivity index (χ4v) is 4.27. The Hall–Kier alpha value is -4.39. The van der Waals surface area contributed by atoms with Crippen LogP contribution < -0.4 is 15.8 Å². The van der Waals surface area contributed by atoms with Crippen molar-refractivity contribution in [2.75, 3.05) is 5.32 Å². The number of fused-ring (bicyclic) bond motifs is 1. The maximum atomic E-state index is 13.0. The second kappa shape index (κ2) is 9.85. The standard InChI is InChI=1S/C28H26N4O3/c29-27(33)23-11-1-2-12-25(23)35-18-19-7-5-9-21(15-19)28(34)30-22-10-6-8-20(16-22)24-17-32-14-4-3-13-26(32)31-24/h1-2,5-12,15-17H,3-4,13-14,18H2,(H2,29,33)(H,30,34). The Morgan fingerprint density at radius 3 is 2.71 bits per heavy atom. The molecule has 0 aliphatic carbocycles. The van der Waals surface area contributed by atoms with E-state index in [2.05, 4.69) is 16.1 Å². The molecule has 0 spiro atoms. The van der Waals surface area contributed by atoms with Crippen molar-refractivity contribution in [3.05, 3.63) is 102 Å². The summed E-state index contributed by atoms with van der Waals surface area (Å²) in [7, 11) is 0. The molecule has 0 unspecified atom stereocenters. The molecular weight excluding hydrogens is 440 g/mol. The number of primary amides is 1. The number of carbonyl (C=O) groups excluding carboxylic acids is 2. The van der Waals surface area contributed by atoms with E-state index in [1.54, 1.807) is 42.5 Å². The Balaban J connectivity index is 1.28. The molecule has 0 saturated heterocycles. The van der Waals surface area contributed by atoms with Gasteiger partial charge >= 0.3 is 0 Å². The Morgan fingerprint density at radius 1 is 1.00 bits per heavy atom. The number of aromatic nitrogens is 2. The molecule has 3 aromatic carbocycles. The van der Waals surface area contributed by atoms with Crippen LogP contribution >= 0.6 is 0 Å². The molecule has 4 aromatic rings. The average Bonchev–Trinajstić information content (AvgIpc) is 3.32. The number of nitrogens with two attached hydrogens (primary N) is 1. The van der Waals surface area contributed by atoms with E-state index < -0.39 is 5.91 Å². The van der Waals surface area contributed by atoms with Gasteiger partial charge < -0.3 is 20.4 Å². The van der Waals surface area contributed by atoms with Crippen LogP contribution in [-0.2, 0) is 19.6 Å². The van der Waals surface area contributed by atoms with Gasteiger partial charge in [0.2, 0.25) is 0 Å². The summed E-state index contributed by atoms with van der Waals surface area (Å²) in [5.74, 6) is 0.767. The van der Waals surface area contributed by atoms with Crippen LogP contribution in [0.4, 0.5) is 5.69 Å². The van der Waals surface area contributed by atoms with Gasteiger partial charge in [-0.1, -0.05) is 36.4 Å². The van der Waals surface area contributed by atoms with Crippen LogP contribution in [0.1, 0.15) is 44.9 Å². The van der Waals surface area contributed by atoms with Crippen molar-refractivity contribution in [1.29, 1.82) is 0 Å². The third kappa shape index (κ3) is 5.09. The Kier molecular flexibility index (Phi) is 6.30. The number of hydrogen-bond acceptors (Lipinski definition) is 4. The normalized spacial score (nSPS) is 12.6. The summed E-state index contributed by atoms with van der Waals surface area (Å²) in [5, 5.41) is 2.98. The van der Waals surface area contributed by atoms with E-state index in [0.717, 1.165) is 35.6 Å². The SMILES string of the molecule is NC(=O)c1ccccc1OCc1cccc(C(=O)Nc2cccc(-c3cn4c(n3)CCCC4)c2)c1. The Labute approximate surface area is 203 Å². The van der Waals surface area contributed by atoms with Gasteiger partial charge in [0.1, 0.15) is 18.2 Å². The Bertz CT molecular complexity index is 1370. The van der Waals surface area contributed by atoms with Gasteiger partial charge in [-0.3, -0.25) is 9.59 Å². The van der Waals surface area contributed by atoms with Crippen molar-refractivity contribution in [2.24, 2.45) is 5.73 Å². The van der Waals surface area contributed by atoms with Crippen molar-refractivity contribution in [1.82, 2.24) is 9.55 Å². The highest BCUT2D eigenvalue weighted by Crippen LogP contribution is 2.25. The van der Waals surface area contributed by atoms with E-state index in [0.29, 0.717) is 22.6 Å². The lowest BCUT2D eigenvalue weighted by molar-refractivity contribution is 0.0994. The summed E-state index contributed by atoms with van der Waals surface area (Å²) in [6, 6.07) is 21.8. The van der Waals surface area contributed by atoms with Crippen LogP contribution in [-0.4, -0.2) is 21.4 Å². The van der Waals surface area contributed by atoms with Crippen LogP contribution in [0.2, 0.25) is 0 Å². The zero-order valence-electron chi connectivity index (χ0n) is 19.2. The number of nitrogens with one attached hydrogen (secondary N) is 1. The maximum absolute atomic E-state index is 13.0. The highest BCUT2D eigenvalue weighted by molar-refractivity contribution is 6.04. The fraction of sp³-hybridized carbons (Fsp3) is 0.179. The molecule has 3 N–H and O–H groups in total. The number of nitrogens with zero attached hydrogens (tertiary/aromatic N) is 2. The number of imidazole rings is 1. The lowest BCUT2D eigenvalue weighted by atomic mass is 10.1. The number of rotatable bonds is 7. The minimum atomic E-state index is -0.549. The molecule has 5 rings (SSSR count). The molecule has 0 radical (unpaired) electrons. The van der Waals surface area contributed by atoms with E-state index in [1.807, 2.05) is 30.3 Å². The van der Waals surface area contributed by atoms with Gasteiger partial charge in [-0.25, -0.2) is 4.98 Å². The lowest BCUT2D eigenvalue weighted by Crippen LogP contribution is -2.13. The van der Waals surface area contributed by atoms with E-state index in [-0.39, 0.29) is 12.5 Å². The number of anilines is 1. The first-order chi connectivity index (χ1) is 17.1. The number of para-hydroxylation sites is 1. The quantitative estimate of drug-likeness (QED) is 0.408. The summed E-state index contributed by atoms with van der Waals surface area (Å²) in [6.45, 7) is 1.21. The third-order valence-electron chi connectivity index (χ3n) is 6.06. The van der Waals surface area contributed by atoms with Gasteiger partial charge in [-0.2, -0.15) is 0 Å². The molecule has 7 nitrogen and oxygen atoms in total. The smallest absolute Gasteiger partial charge is 0.255 e. The first-order valence-electron chi connectivity index (χ1n) is 11.7. The first kappa shape index (κ1) is 22.4. The average molecular weight is 467 g/mol. The van der Waals surface area contributed by atoms with Crippen molar-refractivity contribution >= 4 is 17.5 Å². The van der Waals surface area contributed by atoms with Crippen molar-refractivity contribution < 1.29 is 14.3 Å². The van der Waals surface area contributed by atoms with E-state index in [4.69, 9.17) is 15.5 Å². The van der Waals surface area contributed by atoms with Gasteiger partial charge in [0.25, 0.3) is 11.8 Å². The number of benzene rings is 3. The molecule has 35 heavy (non-hydrogen) atoms. The van der Waals surface area contributed by atoms with E-state index >= 15 is 0 Å².